The highest BCUT2D eigenvalue weighted by molar-refractivity contribution is 7.88. The van der Waals surface area contributed by atoms with Crippen molar-refractivity contribution in [3.63, 3.8) is 0 Å². The summed E-state index contributed by atoms with van der Waals surface area (Å²) < 4.78 is 29.7. The van der Waals surface area contributed by atoms with Crippen molar-refractivity contribution in [1.29, 1.82) is 0 Å². The maximum Gasteiger partial charge on any atom is 0.319 e. The van der Waals surface area contributed by atoms with Crippen LogP contribution < -0.4 is 10.6 Å². The molecule has 2 heterocycles. The summed E-state index contributed by atoms with van der Waals surface area (Å²) in [5, 5.41) is 5.68. The maximum atomic E-state index is 12.2. The summed E-state index contributed by atoms with van der Waals surface area (Å²) in [4.78, 5) is 16.0. The molecule has 0 spiro atoms. The minimum Gasteiger partial charge on any atom is -0.444 e. The quantitative estimate of drug-likeness (QED) is 0.862. The van der Waals surface area contributed by atoms with Crippen LogP contribution in [0.3, 0.4) is 0 Å². The molecule has 1 aromatic carbocycles. The number of nitrogens with one attached hydrogen (secondary N) is 2. The molecule has 134 valence electrons. The first-order valence-corrected chi connectivity index (χ1v) is 9.78. The highest BCUT2D eigenvalue weighted by Crippen LogP contribution is 2.22. The molecule has 0 atom stereocenters. The largest absolute Gasteiger partial charge is 0.444 e. The Hall–Kier alpha value is -2.39. The number of amides is 2. The molecule has 2 aromatic rings. The second kappa shape index (κ2) is 7.24. The number of carbonyl (C=O) groups excluding carboxylic acids is 1. The highest BCUT2D eigenvalue weighted by Gasteiger charge is 2.25. The molecule has 9 heteroatoms. The number of oxazole rings is 1. The van der Waals surface area contributed by atoms with E-state index in [4.69, 9.17) is 4.42 Å². The average molecular weight is 364 g/mol. The Morgan fingerprint density at radius 1 is 1.32 bits per heavy atom. The summed E-state index contributed by atoms with van der Waals surface area (Å²) >= 11 is 0. The van der Waals surface area contributed by atoms with Crippen LogP contribution in [0.1, 0.15) is 12.8 Å². The zero-order valence-electron chi connectivity index (χ0n) is 13.8. The molecule has 0 radical (unpaired) electrons. The zero-order valence-corrected chi connectivity index (χ0v) is 14.6. The van der Waals surface area contributed by atoms with Crippen LogP contribution in [0.25, 0.3) is 11.3 Å². The van der Waals surface area contributed by atoms with Crippen molar-refractivity contribution in [1.82, 2.24) is 14.6 Å². The molecule has 1 aromatic heterocycles. The third kappa shape index (κ3) is 4.58. The summed E-state index contributed by atoms with van der Waals surface area (Å²) in [5.74, 6) is 0.622. The molecule has 8 nitrogen and oxygen atoms in total. The van der Waals surface area contributed by atoms with Gasteiger partial charge in [0.25, 0.3) is 0 Å². The van der Waals surface area contributed by atoms with Crippen LogP contribution in [-0.2, 0) is 10.0 Å². The van der Waals surface area contributed by atoms with Gasteiger partial charge in [-0.05, 0) is 25.0 Å². The number of hydrogen-bond donors (Lipinski definition) is 2. The van der Waals surface area contributed by atoms with Crippen LogP contribution in [0.4, 0.5) is 10.5 Å². The molecule has 0 bridgehead atoms. The van der Waals surface area contributed by atoms with Crippen molar-refractivity contribution in [2.45, 2.75) is 18.9 Å². The van der Waals surface area contributed by atoms with Gasteiger partial charge in [0.15, 0.2) is 12.2 Å². The van der Waals surface area contributed by atoms with Crippen molar-refractivity contribution in [2.75, 3.05) is 24.7 Å². The van der Waals surface area contributed by atoms with E-state index in [1.807, 2.05) is 12.1 Å². The van der Waals surface area contributed by atoms with Crippen LogP contribution in [0.2, 0.25) is 0 Å². The number of aromatic nitrogens is 1. The second-order valence-corrected chi connectivity index (χ2v) is 7.96. The Morgan fingerprint density at radius 3 is 2.72 bits per heavy atom. The van der Waals surface area contributed by atoms with Gasteiger partial charge in [0.2, 0.25) is 10.0 Å². The summed E-state index contributed by atoms with van der Waals surface area (Å²) in [6, 6.07) is 6.91. The minimum absolute atomic E-state index is 0.0459. The Labute approximate surface area is 146 Å². The van der Waals surface area contributed by atoms with Crippen LogP contribution in [-0.4, -0.2) is 49.1 Å². The van der Waals surface area contributed by atoms with Gasteiger partial charge >= 0.3 is 6.03 Å². The predicted molar refractivity (Wildman–Crippen MR) is 93.5 cm³/mol. The number of sulfonamides is 1. The molecule has 0 unspecified atom stereocenters. The van der Waals surface area contributed by atoms with Gasteiger partial charge in [0.05, 0.1) is 12.5 Å². The molecule has 1 aliphatic rings. The Bertz CT molecular complexity index is 828. The molecule has 0 aliphatic carbocycles. The van der Waals surface area contributed by atoms with Gasteiger partial charge in [-0.2, -0.15) is 0 Å². The third-order valence-corrected chi connectivity index (χ3v) is 5.40. The van der Waals surface area contributed by atoms with E-state index in [0.717, 1.165) is 5.56 Å². The first-order valence-electron chi connectivity index (χ1n) is 7.93. The van der Waals surface area contributed by atoms with Gasteiger partial charge in [-0.15, -0.1) is 0 Å². The van der Waals surface area contributed by atoms with Gasteiger partial charge in [0.1, 0.15) is 0 Å². The number of rotatable bonds is 4. The van der Waals surface area contributed by atoms with Crippen LogP contribution in [0.15, 0.2) is 41.3 Å². The lowest BCUT2D eigenvalue weighted by atomic mass is 10.1. The first kappa shape index (κ1) is 17.4. The number of urea groups is 1. The smallest absolute Gasteiger partial charge is 0.319 e. The van der Waals surface area contributed by atoms with Crippen LogP contribution in [0.5, 0.6) is 0 Å². The van der Waals surface area contributed by atoms with Crippen molar-refractivity contribution < 1.29 is 17.6 Å². The fourth-order valence-electron chi connectivity index (χ4n) is 2.79. The molecule has 2 N–H and O–H groups in total. The van der Waals surface area contributed by atoms with E-state index < -0.39 is 10.0 Å². The number of carbonyl (C=O) groups is 1. The Balaban J connectivity index is 1.54. The summed E-state index contributed by atoms with van der Waals surface area (Å²) in [7, 11) is -3.16. The normalized spacial score (nSPS) is 16.5. The number of nitrogens with zero attached hydrogens (tertiary/aromatic N) is 2. The molecule has 25 heavy (non-hydrogen) atoms. The lowest BCUT2D eigenvalue weighted by Crippen LogP contribution is -2.47. The Morgan fingerprint density at radius 2 is 2.08 bits per heavy atom. The van der Waals surface area contributed by atoms with E-state index in [-0.39, 0.29) is 12.1 Å². The highest BCUT2D eigenvalue weighted by atomic mass is 32.2. The minimum atomic E-state index is -3.16. The zero-order chi connectivity index (χ0) is 17.9. The molecule has 2 amide bonds. The van der Waals surface area contributed by atoms with Gasteiger partial charge in [-0.25, -0.2) is 22.5 Å². The number of anilines is 1. The summed E-state index contributed by atoms with van der Waals surface area (Å²) in [5.41, 5.74) is 1.46. The lowest BCUT2D eigenvalue weighted by molar-refractivity contribution is 0.238. The summed E-state index contributed by atoms with van der Waals surface area (Å²) in [6.45, 7) is 0.843. The molecule has 0 saturated carbocycles. The van der Waals surface area contributed by atoms with E-state index in [1.165, 1.54) is 17.0 Å². The lowest BCUT2D eigenvalue weighted by Gasteiger charge is -2.30. The van der Waals surface area contributed by atoms with Crippen molar-refractivity contribution in [3.05, 3.63) is 36.9 Å². The Kier molecular flexibility index (Phi) is 5.05. The van der Waals surface area contributed by atoms with E-state index in [1.54, 1.807) is 18.3 Å². The maximum absolute atomic E-state index is 12.2. The van der Waals surface area contributed by atoms with E-state index in [0.29, 0.717) is 37.4 Å². The third-order valence-electron chi connectivity index (χ3n) is 4.10. The second-order valence-electron chi connectivity index (χ2n) is 5.98. The molecule has 1 saturated heterocycles. The van der Waals surface area contributed by atoms with Gasteiger partial charge in [0, 0.05) is 30.4 Å². The first-order chi connectivity index (χ1) is 11.9. The van der Waals surface area contributed by atoms with E-state index in [2.05, 4.69) is 15.6 Å². The SMILES string of the molecule is CS(=O)(=O)N1CCC(NC(=O)Nc2cccc(-c3cnco3)c2)CC1. The monoisotopic (exact) mass is 364 g/mol. The van der Waals surface area contributed by atoms with Crippen molar-refractivity contribution in [3.8, 4) is 11.3 Å². The number of benzene rings is 1. The molecule has 3 rings (SSSR count). The van der Waals surface area contributed by atoms with E-state index >= 15 is 0 Å². The van der Waals surface area contributed by atoms with Crippen molar-refractivity contribution >= 4 is 21.7 Å². The fraction of sp³-hybridized carbons (Fsp3) is 0.375. The fourth-order valence-corrected chi connectivity index (χ4v) is 3.67. The van der Waals surface area contributed by atoms with Crippen LogP contribution >= 0.6 is 0 Å². The topological polar surface area (TPSA) is 105 Å². The van der Waals surface area contributed by atoms with Gasteiger partial charge in [-0.3, -0.25) is 0 Å². The molecule has 1 fully saturated rings. The van der Waals surface area contributed by atoms with E-state index in [9.17, 15) is 13.2 Å². The molecular weight excluding hydrogens is 344 g/mol. The van der Waals surface area contributed by atoms with Gasteiger partial charge < -0.3 is 15.1 Å². The van der Waals surface area contributed by atoms with Crippen LogP contribution in [0, 0.1) is 0 Å². The predicted octanol–water partition coefficient (Wildman–Crippen LogP) is 1.89. The summed E-state index contributed by atoms with van der Waals surface area (Å²) in [6.07, 6.45) is 5.35. The van der Waals surface area contributed by atoms with Crippen molar-refractivity contribution in [2.24, 2.45) is 0 Å². The van der Waals surface area contributed by atoms with Gasteiger partial charge in [-0.1, -0.05) is 12.1 Å². The number of piperidine rings is 1. The average Bonchev–Trinajstić information content (AvgIpc) is 3.09. The number of hydrogen-bond acceptors (Lipinski definition) is 5. The standard InChI is InChI=1S/C16H20N4O4S/c1-25(22,23)20-7-5-13(6-8-20)18-16(21)19-14-4-2-3-12(9-14)15-10-17-11-24-15/h2-4,9-11,13H,5-8H2,1H3,(H2,18,19,21). The molecular formula is C16H20N4O4S. The molecule has 1 aliphatic heterocycles.